The minimum Gasteiger partial charge on any atom is -0.461 e. The molecule has 29 heavy (non-hydrogen) atoms. The average Bonchev–Trinajstić information content (AvgIpc) is 3.48. The molecular formula is C20H17FN4O2S2. The first-order valence-electron chi connectivity index (χ1n) is 8.76. The number of halogens is 1. The molecule has 9 heteroatoms. The molecule has 0 fully saturated rings. The second-order valence-corrected chi connectivity index (χ2v) is 8.12. The van der Waals surface area contributed by atoms with Crippen LogP contribution in [0.4, 0.5) is 4.39 Å². The molecule has 4 rings (SSSR count). The minimum atomic E-state index is -0.332. The van der Waals surface area contributed by atoms with Crippen LogP contribution in [0.2, 0.25) is 0 Å². The maximum atomic E-state index is 13.3. The third kappa shape index (κ3) is 4.41. The van der Waals surface area contributed by atoms with E-state index in [1.165, 1.54) is 35.2 Å². The summed E-state index contributed by atoms with van der Waals surface area (Å²) in [5.74, 6) is 0.925. The smallest absolute Gasteiger partial charge is 0.231 e. The molecule has 0 aliphatic carbocycles. The summed E-state index contributed by atoms with van der Waals surface area (Å²) in [7, 11) is 1.82. The van der Waals surface area contributed by atoms with E-state index in [0.717, 1.165) is 10.4 Å². The van der Waals surface area contributed by atoms with Gasteiger partial charge in [0.15, 0.2) is 16.7 Å². The highest BCUT2D eigenvalue weighted by Crippen LogP contribution is 2.27. The Labute approximate surface area is 174 Å². The fourth-order valence-electron chi connectivity index (χ4n) is 2.82. The molecule has 0 saturated carbocycles. The van der Waals surface area contributed by atoms with E-state index in [1.807, 2.05) is 24.6 Å². The lowest BCUT2D eigenvalue weighted by molar-refractivity contribution is -0.119. The Bertz CT molecular complexity index is 1080. The normalized spacial score (nSPS) is 12.1. The maximum absolute atomic E-state index is 13.3. The van der Waals surface area contributed by atoms with Crippen LogP contribution in [-0.2, 0) is 11.8 Å². The van der Waals surface area contributed by atoms with Crippen molar-refractivity contribution >= 4 is 29.0 Å². The number of benzene rings is 1. The zero-order valence-corrected chi connectivity index (χ0v) is 17.0. The van der Waals surface area contributed by atoms with E-state index in [-0.39, 0.29) is 23.5 Å². The van der Waals surface area contributed by atoms with Gasteiger partial charge in [0.1, 0.15) is 5.82 Å². The molecule has 0 spiro atoms. The standard InChI is InChI=1S/C20H17FN4O2S2/c1-25-19(15-4-2-10-27-15)23-24-20(25)29-12-17(26)22-18(16-5-3-11-28-16)13-6-8-14(21)9-7-13/h2-11,18H,12H2,1H3,(H,22,26)/t18-/m1/s1. The number of amides is 1. The molecule has 3 heterocycles. The number of carbonyl (C=O) groups is 1. The topological polar surface area (TPSA) is 73.0 Å². The van der Waals surface area contributed by atoms with Gasteiger partial charge in [0.2, 0.25) is 5.91 Å². The van der Waals surface area contributed by atoms with Crippen LogP contribution in [-0.4, -0.2) is 26.4 Å². The Kier molecular flexibility index (Phi) is 5.77. The van der Waals surface area contributed by atoms with Crippen molar-refractivity contribution in [2.75, 3.05) is 5.75 Å². The van der Waals surface area contributed by atoms with Crippen molar-refractivity contribution in [2.45, 2.75) is 11.2 Å². The number of thiophene rings is 1. The van der Waals surface area contributed by atoms with Gasteiger partial charge in [-0.15, -0.1) is 21.5 Å². The molecule has 0 aliphatic rings. The van der Waals surface area contributed by atoms with Gasteiger partial charge >= 0.3 is 0 Å². The Morgan fingerprint density at radius 2 is 2.07 bits per heavy atom. The van der Waals surface area contributed by atoms with Crippen LogP contribution in [0.15, 0.2) is 69.7 Å². The predicted octanol–water partition coefficient (Wildman–Crippen LogP) is 4.27. The first-order chi connectivity index (χ1) is 14.1. The summed E-state index contributed by atoms with van der Waals surface area (Å²) in [6.45, 7) is 0. The number of nitrogens with one attached hydrogen (secondary N) is 1. The van der Waals surface area contributed by atoms with Crippen LogP contribution in [0.5, 0.6) is 0 Å². The summed E-state index contributed by atoms with van der Waals surface area (Å²) in [4.78, 5) is 13.6. The van der Waals surface area contributed by atoms with E-state index in [4.69, 9.17) is 4.42 Å². The number of aromatic nitrogens is 3. The third-order valence-corrected chi connectivity index (χ3v) is 6.20. The number of rotatable bonds is 7. The monoisotopic (exact) mass is 428 g/mol. The van der Waals surface area contributed by atoms with Crippen molar-refractivity contribution in [3.8, 4) is 11.6 Å². The fraction of sp³-hybridized carbons (Fsp3) is 0.150. The Balaban J connectivity index is 1.44. The van der Waals surface area contributed by atoms with Crippen molar-refractivity contribution in [2.24, 2.45) is 7.05 Å². The minimum absolute atomic E-state index is 0.153. The van der Waals surface area contributed by atoms with Crippen LogP contribution in [0.3, 0.4) is 0 Å². The molecule has 1 amide bonds. The molecule has 1 N–H and O–H groups in total. The predicted molar refractivity (Wildman–Crippen MR) is 110 cm³/mol. The second-order valence-electron chi connectivity index (χ2n) is 6.20. The van der Waals surface area contributed by atoms with Gasteiger partial charge in [0, 0.05) is 11.9 Å². The van der Waals surface area contributed by atoms with Gasteiger partial charge in [0.25, 0.3) is 0 Å². The summed E-state index contributed by atoms with van der Waals surface area (Å²) in [6, 6.07) is 13.3. The molecule has 1 atom stereocenters. The Hall–Kier alpha value is -2.91. The molecule has 6 nitrogen and oxygen atoms in total. The van der Waals surface area contributed by atoms with Crippen molar-refractivity contribution in [3.05, 3.63) is 76.4 Å². The number of furan rings is 1. The van der Waals surface area contributed by atoms with Crippen LogP contribution in [0, 0.1) is 5.82 Å². The number of hydrogen-bond donors (Lipinski definition) is 1. The van der Waals surface area contributed by atoms with Crippen LogP contribution in [0.1, 0.15) is 16.5 Å². The molecule has 0 saturated heterocycles. The molecule has 1 aromatic carbocycles. The van der Waals surface area contributed by atoms with E-state index in [0.29, 0.717) is 16.7 Å². The van der Waals surface area contributed by atoms with E-state index in [1.54, 1.807) is 35.1 Å². The van der Waals surface area contributed by atoms with Gasteiger partial charge in [-0.2, -0.15) is 0 Å². The fourth-order valence-corrected chi connectivity index (χ4v) is 4.35. The largest absolute Gasteiger partial charge is 0.461 e. The molecule has 4 aromatic rings. The Morgan fingerprint density at radius 3 is 2.76 bits per heavy atom. The number of nitrogens with zero attached hydrogens (tertiary/aromatic N) is 3. The lowest BCUT2D eigenvalue weighted by Gasteiger charge is -2.18. The van der Waals surface area contributed by atoms with E-state index in [9.17, 15) is 9.18 Å². The van der Waals surface area contributed by atoms with Crippen molar-refractivity contribution < 1.29 is 13.6 Å². The SMILES string of the molecule is Cn1c(SCC(=O)N[C@H](c2ccc(F)cc2)c2cccs2)nnc1-c1ccco1. The molecule has 0 aliphatic heterocycles. The van der Waals surface area contributed by atoms with E-state index < -0.39 is 0 Å². The molecule has 148 valence electrons. The van der Waals surface area contributed by atoms with Gasteiger partial charge in [-0.25, -0.2) is 4.39 Å². The van der Waals surface area contributed by atoms with Crippen LogP contribution < -0.4 is 5.32 Å². The first-order valence-corrected chi connectivity index (χ1v) is 10.6. The van der Waals surface area contributed by atoms with Gasteiger partial charge in [0.05, 0.1) is 18.1 Å². The highest BCUT2D eigenvalue weighted by molar-refractivity contribution is 7.99. The molecular weight excluding hydrogens is 411 g/mol. The maximum Gasteiger partial charge on any atom is 0.231 e. The second kappa shape index (κ2) is 8.62. The van der Waals surface area contributed by atoms with Crippen molar-refractivity contribution in [1.29, 1.82) is 0 Å². The summed E-state index contributed by atoms with van der Waals surface area (Å²) >= 11 is 2.83. The van der Waals surface area contributed by atoms with Gasteiger partial charge < -0.3 is 14.3 Å². The zero-order chi connectivity index (χ0) is 20.2. The van der Waals surface area contributed by atoms with Crippen molar-refractivity contribution in [1.82, 2.24) is 20.1 Å². The highest BCUT2D eigenvalue weighted by Gasteiger charge is 2.19. The van der Waals surface area contributed by atoms with Crippen molar-refractivity contribution in [3.63, 3.8) is 0 Å². The third-order valence-electron chi connectivity index (χ3n) is 4.25. The molecule has 0 unspecified atom stereocenters. The first kappa shape index (κ1) is 19.4. The van der Waals surface area contributed by atoms with Crippen LogP contribution in [0.25, 0.3) is 11.6 Å². The zero-order valence-electron chi connectivity index (χ0n) is 15.4. The number of thioether (sulfide) groups is 1. The lowest BCUT2D eigenvalue weighted by Crippen LogP contribution is -2.30. The highest BCUT2D eigenvalue weighted by atomic mass is 32.2. The molecule has 0 radical (unpaired) electrons. The number of hydrogen-bond acceptors (Lipinski definition) is 6. The average molecular weight is 429 g/mol. The van der Waals surface area contributed by atoms with E-state index >= 15 is 0 Å². The van der Waals surface area contributed by atoms with Gasteiger partial charge in [-0.05, 0) is 41.3 Å². The summed E-state index contributed by atoms with van der Waals surface area (Å²) in [5, 5.41) is 13.9. The van der Waals surface area contributed by atoms with Gasteiger partial charge in [-0.1, -0.05) is 30.0 Å². The summed E-state index contributed by atoms with van der Waals surface area (Å²) < 4.78 is 20.4. The van der Waals surface area contributed by atoms with E-state index in [2.05, 4.69) is 15.5 Å². The lowest BCUT2D eigenvalue weighted by atomic mass is 10.1. The van der Waals surface area contributed by atoms with Gasteiger partial charge in [-0.3, -0.25) is 4.79 Å². The quantitative estimate of drug-likeness (QED) is 0.445. The Morgan fingerprint density at radius 1 is 1.24 bits per heavy atom. The summed E-state index contributed by atoms with van der Waals surface area (Å²) in [6.07, 6.45) is 1.57. The summed E-state index contributed by atoms with van der Waals surface area (Å²) in [5.41, 5.74) is 0.825. The number of carbonyl (C=O) groups excluding carboxylic acids is 1. The van der Waals surface area contributed by atoms with Crippen LogP contribution >= 0.6 is 23.1 Å². The molecule has 0 bridgehead atoms. The molecule has 3 aromatic heterocycles.